The van der Waals surface area contributed by atoms with Gasteiger partial charge in [0.25, 0.3) is 31.7 Å². The van der Waals surface area contributed by atoms with Gasteiger partial charge in [-0.05, 0) is 60.7 Å². The van der Waals surface area contributed by atoms with Crippen molar-refractivity contribution in [3.8, 4) is 5.69 Å². The van der Waals surface area contributed by atoms with Gasteiger partial charge in [0.1, 0.15) is 0 Å². The monoisotopic (exact) mass is 604 g/mol. The Kier molecular flexibility index (Phi) is 7.33. The van der Waals surface area contributed by atoms with E-state index in [1.807, 2.05) is 0 Å². The van der Waals surface area contributed by atoms with Gasteiger partial charge in [0.05, 0.1) is 32.3 Å². The summed E-state index contributed by atoms with van der Waals surface area (Å²) in [6, 6.07) is 8.38. The third kappa shape index (κ3) is 5.75. The van der Waals surface area contributed by atoms with Gasteiger partial charge in [0.2, 0.25) is 0 Å². The number of aromatic carboxylic acids is 1. The molecule has 41 heavy (non-hydrogen) atoms. The smallest absolute Gasteiger partial charge is 0.357 e. The van der Waals surface area contributed by atoms with E-state index in [2.05, 4.69) is 10.2 Å². The van der Waals surface area contributed by atoms with Crippen LogP contribution in [0.5, 0.6) is 0 Å². The Morgan fingerprint density at radius 1 is 0.805 bits per heavy atom. The molecule has 0 aliphatic carbocycles. The summed E-state index contributed by atoms with van der Waals surface area (Å²) in [4.78, 5) is 48.4. The average Bonchev–Trinajstić information content (AvgIpc) is 3.40. The summed E-state index contributed by atoms with van der Waals surface area (Å²) in [6.07, 6.45) is 3.01. The molecule has 0 spiro atoms. The molecule has 2 aromatic carbocycles. The minimum Gasteiger partial charge on any atom is -0.477 e. The molecule has 2 heterocycles. The minimum absolute atomic E-state index is 0.0184. The van der Waals surface area contributed by atoms with Crippen LogP contribution in [0.2, 0.25) is 0 Å². The zero-order valence-corrected chi connectivity index (χ0v) is 21.7. The first kappa shape index (κ1) is 28.8. The molecule has 0 fully saturated rings. The van der Waals surface area contributed by atoms with Crippen LogP contribution < -0.4 is 10.6 Å². The van der Waals surface area contributed by atoms with Gasteiger partial charge in [0, 0.05) is 0 Å². The lowest BCUT2D eigenvalue weighted by Crippen LogP contribution is -2.22. The van der Waals surface area contributed by atoms with Crippen molar-refractivity contribution >= 4 is 55.6 Å². The molecule has 4 rings (SSSR count). The number of amides is 1. The van der Waals surface area contributed by atoms with E-state index in [-0.39, 0.29) is 11.4 Å². The lowest BCUT2D eigenvalue weighted by Gasteiger charge is -2.11. The van der Waals surface area contributed by atoms with E-state index in [4.69, 9.17) is 9.11 Å². The molecule has 1 aromatic heterocycles. The SMILES string of the molecule is O=C(O)C1=NN(c2ccc(S(=O)(=O)O)cc2)C(=O)/C1=C/C=C/c1c(C(=O)O)[nH]n(-c2ccc(S(=O)(=O)O)cc2)c1=O. The van der Waals surface area contributed by atoms with Gasteiger partial charge in [-0.15, -0.1) is 0 Å². The van der Waals surface area contributed by atoms with Crippen LogP contribution in [0.3, 0.4) is 0 Å². The maximum atomic E-state index is 13.0. The van der Waals surface area contributed by atoms with Crippen molar-refractivity contribution in [2.24, 2.45) is 5.10 Å². The summed E-state index contributed by atoms with van der Waals surface area (Å²) < 4.78 is 64.0. The number of aromatic amines is 1. The molecule has 3 aromatic rings. The van der Waals surface area contributed by atoms with Crippen molar-refractivity contribution in [3.05, 3.63) is 87.9 Å². The largest absolute Gasteiger partial charge is 0.477 e. The Morgan fingerprint density at radius 3 is 1.78 bits per heavy atom. The molecular weight excluding hydrogens is 588 g/mol. The summed E-state index contributed by atoms with van der Waals surface area (Å²) in [7, 11) is -9.05. The number of nitrogens with one attached hydrogen (secondary N) is 1. The summed E-state index contributed by atoms with van der Waals surface area (Å²) in [6.45, 7) is 0. The second-order valence-corrected chi connectivity index (χ2v) is 10.9. The highest BCUT2D eigenvalue weighted by atomic mass is 32.2. The predicted molar refractivity (Wildman–Crippen MR) is 139 cm³/mol. The molecule has 16 nitrogen and oxygen atoms in total. The number of carboxylic acids is 2. The molecule has 1 amide bonds. The first-order valence-corrected chi connectivity index (χ1v) is 13.8. The summed E-state index contributed by atoms with van der Waals surface area (Å²) >= 11 is 0. The van der Waals surface area contributed by atoms with E-state index in [0.29, 0.717) is 5.01 Å². The lowest BCUT2D eigenvalue weighted by molar-refractivity contribution is -0.129. The molecule has 0 radical (unpaired) electrons. The number of carbonyl (C=O) groups is 3. The van der Waals surface area contributed by atoms with Crippen molar-refractivity contribution in [1.82, 2.24) is 9.78 Å². The number of hydrogen-bond acceptors (Lipinski definition) is 9. The third-order valence-electron chi connectivity index (χ3n) is 5.52. The fourth-order valence-electron chi connectivity index (χ4n) is 3.61. The minimum atomic E-state index is -4.53. The van der Waals surface area contributed by atoms with E-state index in [1.165, 1.54) is 0 Å². The Morgan fingerprint density at radius 2 is 1.32 bits per heavy atom. The second kappa shape index (κ2) is 10.4. The molecule has 0 bridgehead atoms. The van der Waals surface area contributed by atoms with Gasteiger partial charge in [-0.3, -0.25) is 23.8 Å². The molecule has 212 valence electrons. The lowest BCUT2D eigenvalue weighted by atomic mass is 10.1. The maximum absolute atomic E-state index is 13.0. The summed E-state index contributed by atoms with van der Waals surface area (Å²) in [5.74, 6) is -4.10. The van der Waals surface area contributed by atoms with Crippen LogP contribution in [0.25, 0.3) is 11.8 Å². The quantitative estimate of drug-likeness (QED) is 0.177. The fraction of sp³-hybridized carbons (Fsp3) is 0. The average molecular weight is 605 g/mol. The van der Waals surface area contributed by atoms with Crippen LogP contribution in [0.1, 0.15) is 16.1 Å². The molecule has 1 aliphatic rings. The fourth-order valence-corrected chi connectivity index (χ4v) is 4.57. The van der Waals surface area contributed by atoms with Gasteiger partial charge in [-0.1, -0.05) is 6.08 Å². The van der Waals surface area contributed by atoms with Gasteiger partial charge < -0.3 is 10.2 Å². The topological polar surface area (TPSA) is 254 Å². The standard InChI is InChI=1S/C23H16N4O12S2/c28-20-16(18(22(30)31)24-26(20)12-4-8-14(9-5-12)40(34,35)36)2-1-3-17-19(23(32)33)25-27(21(17)29)13-6-10-15(11-7-13)41(37,38)39/h1-11,24H,(H,30,31)(H,32,33)(H,34,35,36)(H,37,38,39)/b2-1+,17-3+. The van der Waals surface area contributed by atoms with Crippen molar-refractivity contribution in [1.29, 1.82) is 0 Å². The Balaban J connectivity index is 1.69. The molecule has 0 saturated heterocycles. The van der Waals surface area contributed by atoms with E-state index in [0.717, 1.165) is 71.4 Å². The maximum Gasteiger partial charge on any atom is 0.357 e. The van der Waals surface area contributed by atoms with E-state index in [1.54, 1.807) is 0 Å². The Hall–Kier alpha value is -5.17. The van der Waals surface area contributed by atoms with Crippen LogP contribution in [0.15, 0.2) is 85.9 Å². The third-order valence-corrected chi connectivity index (χ3v) is 7.25. The van der Waals surface area contributed by atoms with E-state index >= 15 is 0 Å². The van der Waals surface area contributed by atoms with Crippen LogP contribution in [-0.4, -0.2) is 69.5 Å². The number of carbonyl (C=O) groups excluding carboxylic acids is 1. The van der Waals surface area contributed by atoms with Crippen LogP contribution in [-0.2, 0) is 29.8 Å². The van der Waals surface area contributed by atoms with Crippen molar-refractivity contribution in [3.63, 3.8) is 0 Å². The zero-order valence-electron chi connectivity index (χ0n) is 20.1. The van der Waals surface area contributed by atoms with Crippen molar-refractivity contribution in [2.75, 3.05) is 5.01 Å². The Labute approximate surface area is 229 Å². The number of hydrogen-bond donors (Lipinski definition) is 5. The molecule has 0 unspecified atom stereocenters. The number of H-pyrrole nitrogens is 1. The highest BCUT2D eigenvalue weighted by molar-refractivity contribution is 7.86. The first-order valence-electron chi connectivity index (χ1n) is 10.9. The number of anilines is 1. The van der Waals surface area contributed by atoms with Gasteiger partial charge in [-0.2, -0.15) is 26.9 Å². The van der Waals surface area contributed by atoms with Crippen LogP contribution in [0.4, 0.5) is 5.69 Å². The van der Waals surface area contributed by atoms with Crippen LogP contribution >= 0.6 is 0 Å². The van der Waals surface area contributed by atoms with E-state index < -0.39 is 76.0 Å². The number of nitrogens with zero attached hydrogens (tertiary/aromatic N) is 3. The molecule has 0 saturated carbocycles. The van der Waals surface area contributed by atoms with Crippen molar-refractivity contribution in [2.45, 2.75) is 9.79 Å². The number of benzene rings is 2. The number of allylic oxidation sites excluding steroid dienone is 2. The molecule has 0 atom stereocenters. The predicted octanol–water partition coefficient (Wildman–Crippen LogP) is 0.784. The number of rotatable bonds is 8. The van der Waals surface area contributed by atoms with Crippen molar-refractivity contribution < 1.29 is 50.5 Å². The normalized spacial score (nSPS) is 15.1. The molecular formula is C23H16N4O12S2. The number of hydrazone groups is 1. The van der Waals surface area contributed by atoms with E-state index in [9.17, 15) is 46.2 Å². The first-order chi connectivity index (χ1) is 19.1. The number of aliphatic carboxylic acids is 1. The highest BCUT2D eigenvalue weighted by Crippen LogP contribution is 2.25. The highest BCUT2D eigenvalue weighted by Gasteiger charge is 2.35. The number of carboxylic acid groups (broad SMARTS) is 2. The van der Waals surface area contributed by atoms with Gasteiger partial charge in [0.15, 0.2) is 11.4 Å². The van der Waals surface area contributed by atoms with Crippen LogP contribution in [0, 0.1) is 0 Å². The van der Waals surface area contributed by atoms with Gasteiger partial charge >= 0.3 is 11.9 Å². The zero-order chi connectivity index (χ0) is 30.3. The molecule has 18 heteroatoms. The summed E-state index contributed by atoms with van der Waals surface area (Å²) in [5, 5.41) is 25.8. The molecule has 5 N–H and O–H groups in total. The summed E-state index contributed by atoms with van der Waals surface area (Å²) in [5.41, 5.74) is -3.08. The second-order valence-electron chi connectivity index (χ2n) is 8.09. The van der Waals surface area contributed by atoms with Gasteiger partial charge in [-0.25, -0.2) is 14.3 Å². The Bertz CT molecular complexity index is 1970. The number of aromatic nitrogens is 2. The molecule has 1 aliphatic heterocycles.